The molecule has 1 atom stereocenters. The number of nitrogens with one attached hydrogen (secondary N) is 1. The van der Waals surface area contributed by atoms with Gasteiger partial charge in [-0.15, -0.1) is 0 Å². The second-order valence-electron chi connectivity index (χ2n) is 9.65. The molecule has 6 heteroatoms. The third-order valence-electron chi connectivity index (χ3n) is 6.49. The summed E-state index contributed by atoms with van der Waals surface area (Å²) in [5.41, 5.74) is 4.86. The van der Waals surface area contributed by atoms with E-state index in [0.717, 1.165) is 57.8 Å². The predicted octanol–water partition coefficient (Wildman–Crippen LogP) is 3.58. The second-order valence-corrected chi connectivity index (χ2v) is 9.65. The summed E-state index contributed by atoms with van der Waals surface area (Å²) in [6.45, 7) is 14.5. The minimum absolute atomic E-state index is 0.137. The van der Waals surface area contributed by atoms with Crippen LogP contribution in [0.5, 0.6) is 0 Å². The normalized spacial score (nSPS) is 17.8. The minimum atomic E-state index is 0.137. The van der Waals surface area contributed by atoms with Gasteiger partial charge < -0.3 is 10.2 Å². The third kappa shape index (κ3) is 6.66. The summed E-state index contributed by atoms with van der Waals surface area (Å²) in [4.78, 5) is 17.4. The average molecular weight is 440 g/mol. The van der Waals surface area contributed by atoms with E-state index in [1.165, 1.54) is 16.8 Å². The number of hydrogen-bond donors (Lipinski definition) is 1. The van der Waals surface area contributed by atoms with Crippen molar-refractivity contribution in [2.45, 2.75) is 59.5 Å². The fourth-order valence-electron chi connectivity index (χ4n) is 4.67. The van der Waals surface area contributed by atoms with Gasteiger partial charge in [-0.1, -0.05) is 44.2 Å². The minimum Gasteiger partial charge on any atom is -0.356 e. The number of aromatic nitrogens is 2. The van der Waals surface area contributed by atoms with Crippen molar-refractivity contribution in [3.8, 4) is 0 Å². The Kier molecular flexibility index (Phi) is 8.88. The molecule has 3 rings (SSSR count). The smallest absolute Gasteiger partial charge is 0.220 e. The van der Waals surface area contributed by atoms with Crippen LogP contribution in [0.1, 0.15) is 55.2 Å². The van der Waals surface area contributed by atoms with Gasteiger partial charge in [0.15, 0.2) is 0 Å². The Labute approximate surface area is 194 Å². The van der Waals surface area contributed by atoms with Crippen LogP contribution < -0.4 is 5.32 Å². The Bertz CT molecular complexity index is 861. The number of rotatable bonds is 10. The molecule has 0 saturated carbocycles. The van der Waals surface area contributed by atoms with Gasteiger partial charge in [0.1, 0.15) is 0 Å². The molecule has 1 saturated heterocycles. The van der Waals surface area contributed by atoms with Crippen LogP contribution in [0.15, 0.2) is 30.3 Å². The lowest BCUT2D eigenvalue weighted by Gasteiger charge is -2.40. The lowest BCUT2D eigenvalue weighted by Crippen LogP contribution is -2.47. The summed E-state index contributed by atoms with van der Waals surface area (Å²) >= 11 is 0. The van der Waals surface area contributed by atoms with Crippen molar-refractivity contribution < 1.29 is 4.79 Å². The molecule has 0 radical (unpaired) electrons. The second kappa shape index (κ2) is 11.6. The van der Waals surface area contributed by atoms with Crippen molar-refractivity contribution in [1.29, 1.82) is 0 Å². The Morgan fingerprint density at radius 2 is 1.94 bits per heavy atom. The van der Waals surface area contributed by atoms with Gasteiger partial charge >= 0.3 is 0 Å². The molecule has 1 amide bonds. The van der Waals surface area contributed by atoms with Gasteiger partial charge in [-0.05, 0) is 50.8 Å². The van der Waals surface area contributed by atoms with Crippen LogP contribution in [-0.2, 0) is 17.8 Å². The molecule has 1 aliphatic heterocycles. The summed E-state index contributed by atoms with van der Waals surface area (Å²) in [5, 5.41) is 7.80. The highest BCUT2D eigenvalue weighted by atomic mass is 16.1. The number of hydrogen-bond acceptors (Lipinski definition) is 4. The first-order valence-corrected chi connectivity index (χ1v) is 12.1. The van der Waals surface area contributed by atoms with Crippen LogP contribution in [0.25, 0.3) is 0 Å². The van der Waals surface area contributed by atoms with Crippen molar-refractivity contribution >= 4 is 5.91 Å². The molecule has 1 aliphatic rings. The van der Waals surface area contributed by atoms with Crippen molar-refractivity contribution in [2.24, 2.45) is 5.92 Å². The molecule has 0 bridgehead atoms. The molecule has 32 heavy (non-hydrogen) atoms. The molecule has 2 aromatic rings. The first kappa shape index (κ1) is 24.5. The van der Waals surface area contributed by atoms with Gasteiger partial charge in [0.05, 0.1) is 5.69 Å². The van der Waals surface area contributed by atoms with Crippen LogP contribution in [0.3, 0.4) is 0 Å². The molecular weight excluding hydrogens is 398 g/mol. The van der Waals surface area contributed by atoms with Crippen LogP contribution in [0, 0.1) is 19.8 Å². The summed E-state index contributed by atoms with van der Waals surface area (Å²) in [6, 6.07) is 11.2. The maximum atomic E-state index is 12.4. The van der Waals surface area contributed by atoms with E-state index < -0.39 is 0 Å². The van der Waals surface area contributed by atoms with Gasteiger partial charge in [-0.25, -0.2) is 0 Å². The number of benzene rings is 1. The van der Waals surface area contributed by atoms with E-state index in [9.17, 15) is 4.79 Å². The summed E-state index contributed by atoms with van der Waals surface area (Å²) < 4.78 is 2.09. The van der Waals surface area contributed by atoms with Crippen LogP contribution in [0.2, 0.25) is 0 Å². The Morgan fingerprint density at radius 3 is 2.66 bits per heavy atom. The fourth-order valence-corrected chi connectivity index (χ4v) is 4.67. The van der Waals surface area contributed by atoms with Gasteiger partial charge in [0, 0.05) is 57.4 Å². The van der Waals surface area contributed by atoms with Crippen molar-refractivity contribution in [3.63, 3.8) is 0 Å². The van der Waals surface area contributed by atoms with Crippen LogP contribution in [0.4, 0.5) is 0 Å². The zero-order valence-electron chi connectivity index (χ0n) is 20.6. The van der Waals surface area contributed by atoms with E-state index in [1.807, 2.05) is 0 Å². The van der Waals surface area contributed by atoms with E-state index >= 15 is 0 Å². The highest BCUT2D eigenvalue weighted by Gasteiger charge is 2.26. The topological polar surface area (TPSA) is 53.4 Å². The first-order valence-electron chi connectivity index (χ1n) is 12.1. The summed E-state index contributed by atoms with van der Waals surface area (Å²) in [5.74, 6) is 0.698. The summed E-state index contributed by atoms with van der Waals surface area (Å²) in [7, 11) is 2.20. The Morgan fingerprint density at radius 1 is 1.19 bits per heavy atom. The predicted molar refractivity (Wildman–Crippen MR) is 131 cm³/mol. The standard InChI is InChI=1S/C26H41N5O/c1-20(2)18-31-22(4)24(21(3)28-31)12-13-26(32)27-14-9-15-30-17-16-29(5)19-25(30)23-10-7-6-8-11-23/h6-8,10-11,20,25H,9,12-19H2,1-5H3,(H,27,32). The SMILES string of the molecule is Cc1nn(CC(C)C)c(C)c1CCC(=O)NCCCN1CCN(C)CC1c1ccccc1. The Balaban J connectivity index is 1.43. The van der Waals surface area contributed by atoms with Crippen LogP contribution in [-0.4, -0.2) is 65.3 Å². The highest BCUT2D eigenvalue weighted by Crippen LogP contribution is 2.24. The number of aryl methyl sites for hydroxylation is 1. The molecule has 1 N–H and O–H groups in total. The molecule has 6 nitrogen and oxygen atoms in total. The molecule has 1 fully saturated rings. The first-order chi connectivity index (χ1) is 15.3. The number of carbonyl (C=O) groups excluding carboxylic acids is 1. The van der Waals surface area contributed by atoms with Gasteiger partial charge in [-0.2, -0.15) is 5.10 Å². The van der Waals surface area contributed by atoms with Crippen LogP contribution >= 0.6 is 0 Å². The molecule has 1 unspecified atom stereocenters. The van der Waals surface area contributed by atoms with E-state index in [-0.39, 0.29) is 5.91 Å². The quantitative estimate of drug-likeness (QED) is 0.575. The van der Waals surface area contributed by atoms with Gasteiger partial charge in [0.2, 0.25) is 5.91 Å². The molecule has 1 aromatic heterocycles. The van der Waals surface area contributed by atoms with E-state index in [0.29, 0.717) is 18.4 Å². The Hall–Kier alpha value is -2.18. The van der Waals surface area contributed by atoms with Gasteiger partial charge in [0.25, 0.3) is 0 Å². The molecule has 0 spiro atoms. The number of nitrogens with zero attached hydrogens (tertiary/aromatic N) is 4. The number of likely N-dealkylation sites (N-methyl/N-ethyl adjacent to an activating group) is 1. The molecule has 0 aliphatic carbocycles. The largest absolute Gasteiger partial charge is 0.356 e. The van der Waals surface area contributed by atoms with E-state index in [4.69, 9.17) is 0 Å². The zero-order chi connectivity index (χ0) is 23.1. The molecule has 176 valence electrons. The lowest BCUT2D eigenvalue weighted by atomic mass is 10.0. The maximum Gasteiger partial charge on any atom is 0.220 e. The fraction of sp³-hybridized carbons (Fsp3) is 0.615. The van der Waals surface area contributed by atoms with E-state index in [1.54, 1.807) is 0 Å². The third-order valence-corrected chi connectivity index (χ3v) is 6.49. The van der Waals surface area contributed by atoms with Crippen molar-refractivity contribution in [2.75, 3.05) is 39.8 Å². The molecule has 2 heterocycles. The maximum absolute atomic E-state index is 12.4. The summed E-state index contributed by atoms with van der Waals surface area (Å²) in [6.07, 6.45) is 2.26. The monoisotopic (exact) mass is 439 g/mol. The highest BCUT2D eigenvalue weighted by molar-refractivity contribution is 5.76. The number of carbonyl (C=O) groups is 1. The number of piperazine rings is 1. The average Bonchev–Trinajstić information content (AvgIpc) is 3.03. The van der Waals surface area contributed by atoms with E-state index in [2.05, 4.69) is 90.0 Å². The number of amides is 1. The van der Waals surface area contributed by atoms with Gasteiger partial charge in [-0.3, -0.25) is 14.4 Å². The molecule has 1 aromatic carbocycles. The lowest BCUT2D eigenvalue weighted by molar-refractivity contribution is -0.121. The zero-order valence-corrected chi connectivity index (χ0v) is 20.6. The van der Waals surface area contributed by atoms with Crippen molar-refractivity contribution in [3.05, 3.63) is 52.8 Å². The molecular formula is C26H41N5O. The van der Waals surface area contributed by atoms with Crippen molar-refractivity contribution in [1.82, 2.24) is 24.9 Å².